The van der Waals surface area contributed by atoms with Crippen molar-refractivity contribution >= 4 is 28.1 Å². The van der Waals surface area contributed by atoms with Crippen LogP contribution in [-0.2, 0) is 14.8 Å². The van der Waals surface area contributed by atoms with Crippen LogP contribution in [0.2, 0.25) is 0 Å². The van der Waals surface area contributed by atoms with Crippen molar-refractivity contribution in [1.82, 2.24) is 0 Å². The van der Waals surface area contributed by atoms with Crippen molar-refractivity contribution in [3.05, 3.63) is 96.1 Å². The Labute approximate surface area is 232 Å². The molecule has 6 N–H and O–H groups in total. The zero-order valence-electron chi connectivity index (χ0n) is 20.9. The average molecular weight is 583 g/mol. The summed E-state index contributed by atoms with van der Waals surface area (Å²) in [5, 5.41) is 8.76. The van der Waals surface area contributed by atoms with Gasteiger partial charge in [-0.3, -0.25) is 4.79 Å². The van der Waals surface area contributed by atoms with E-state index in [4.69, 9.17) is 21.5 Å². The number of halogens is 3. The van der Waals surface area contributed by atoms with Gasteiger partial charge in [0.15, 0.2) is 0 Å². The highest BCUT2D eigenvalue weighted by atomic mass is 32.2. The highest BCUT2D eigenvalue weighted by Crippen LogP contribution is 2.43. The number of benzene rings is 4. The van der Waals surface area contributed by atoms with Crippen molar-refractivity contribution in [2.75, 3.05) is 0 Å². The van der Waals surface area contributed by atoms with Crippen LogP contribution in [0.5, 0.6) is 5.75 Å². The third-order valence-electron chi connectivity index (χ3n) is 5.95. The van der Waals surface area contributed by atoms with Crippen molar-refractivity contribution in [2.45, 2.75) is 11.1 Å². The van der Waals surface area contributed by atoms with Gasteiger partial charge >= 0.3 is 12.1 Å². The number of sulfonamides is 1. The summed E-state index contributed by atoms with van der Waals surface area (Å²) in [6.07, 6.45) is -4.08. The minimum absolute atomic E-state index is 0.0202. The number of ether oxygens (including phenoxy) is 1. The van der Waals surface area contributed by atoms with Crippen LogP contribution in [0.25, 0.3) is 33.4 Å². The van der Waals surface area contributed by atoms with Gasteiger partial charge in [0, 0.05) is 16.7 Å². The highest BCUT2D eigenvalue weighted by molar-refractivity contribution is 7.89. The van der Waals surface area contributed by atoms with Gasteiger partial charge in [0.25, 0.3) is 0 Å². The van der Waals surface area contributed by atoms with Crippen LogP contribution in [0, 0.1) is 0 Å². The van der Waals surface area contributed by atoms with Gasteiger partial charge in [-0.25, -0.2) is 18.4 Å². The second-order valence-electron chi connectivity index (χ2n) is 8.64. The Morgan fingerprint density at radius 1 is 0.829 bits per heavy atom. The number of hydrogen-bond donors (Lipinski definition) is 3. The van der Waals surface area contributed by atoms with Gasteiger partial charge in [-0.1, -0.05) is 60.7 Å². The van der Waals surface area contributed by atoms with Crippen LogP contribution < -0.4 is 21.5 Å². The van der Waals surface area contributed by atoms with Crippen LogP contribution in [0.15, 0.2) is 94.9 Å². The summed E-state index contributed by atoms with van der Waals surface area (Å²) in [7, 11) is -4.06. The van der Waals surface area contributed by atoms with Crippen LogP contribution in [0.3, 0.4) is 0 Å². The lowest BCUT2D eigenvalue weighted by Gasteiger charge is -2.19. The number of rotatable bonds is 7. The van der Waals surface area contributed by atoms with Crippen molar-refractivity contribution in [3.63, 3.8) is 0 Å². The zero-order chi connectivity index (χ0) is 29.9. The largest absolute Gasteiger partial charge is 0.491 e. The van der Waals surface area contributed by atoms with Crippen molar-refractivity contribution < 1.29 is 35.9 Å². The molecule has 0 atom stereocenters. The molecule has 1 amide bonds. The van der Waals surface area contributed by atoms with E-state index in [2.05, 4.69) is 5.10 Å². The van der Waals surface area contributed by atoms with Crippen molar-refractivity contribution in [1.29, 1.82) is 0 Å². The lowest BCUT2D eigenvalue weighted by atomic mass is 9.91. The molecule has 4 aromatic rings. The number of amides is 1. The molecule has 0 saturated carbocycles. The fraction of sp³-hybridized carbons (Fsp3) is 0.0357. The normalized spacial score (nSPS) is 11.9. The van der Waals surface area contributed by atoms with Gasteiger partial charge in [0.05, 0.1) is 16.7 Å². The number of carbonyl (C=O) groups excluding carboxylic acids is 2. The fourth-order valence-corrected chi connectivity index (χ4v) is 4.96. The van der Waals surface area contributed by atoms with E-state index < -0.39 is 33.8 Å². The SMILES string of the molecule is N/N=C/c1cccc(-c2c(C(N)=O)ccc(-c3ccc(-c4ccccc4S(N)(=O)=O)cc3)c2OC(=O)C(F)(F)F)c1. The molecule has 210 valence electrons. The minimum Gasteiger partial charge on any atom is -0.419 e. The number of hydrazone groups is 1. The highest BCUT2D eigenvalue weighted by Gasteiger charge is 2.42. The number of hydrogen-bond acceptors (Lipinski definition) is 7. The molecule has 4 rings (SSSR count). The first-order valence-electron chi connectivity index (χ1n) is 11.6. The average Bonchev–Trinajstić information content (AvgIpc) is 2.92. The molecule has 0 heterocycles. The van der Waals surface area contributed by atoms with E-state index in [0.717, 1.165) is 0 Å². The molecule has 0 aromatic heterocycles. The van der Waals surface area contributed by atoms with Gasteiger partial charge in [-0.05, 0) is 46.5 Å². The maximum Gasteiger partial charge on any atom is 0.491 e. The molecular weight excluding hydrogens is 561 g/mol. The molecule has 0 saturated heterocycles. The summed E-state index contributed by atoms with van der Waals surface area (Å²) in [4.78, 5) is 24.3. The summed E-state index contributed by atoms with van der Waals surface area (Å²) in [5.41, 5.74) is 6.85. The summed E-state index contributed by atoms with van der Waals surface area (Å²) < 4.78 is 69.0. The van der Waals surface area contributed by atoms with E-state index in [1.807, 2.05) is 0 Å². The third-order valence-corrected chi connectivity index (χ3v) is 6.92. The van der Waals surface area contributed by atoms with Crippen LogP contribution in [0.1, 0.15) is 15.9 Å². The Morgan fingerprint density at radius 3 is 2.05 bits per heavy atom. The van der Waals surface area contributed by atoms with E-state index >= 15 is 0 Å². The Balaban J connectivity index is 1.96. The van der Waals surface area contributed by atoms with Gasteiger partial charge in [-0.15, -0.1) is 0 Å². The number of nitrogens with zero attached hydrogens (tertiary/aromatic N) is 1. The van der Waals surface area contributed by atoms with Crippen LogP contribution in [-0.4, -0.2) is 32.7 Å². The summed E-state index contributed by atoms with van der Waals surface area (Å²) in [6.45, 7) is 0. The first-order valence-corrected chi connectivity index (χ1v) is 13.2. The van der Waals surface area contributed by atoms with E-state index in [0.29, 0.717) is 16.7 Å². The van der Waals surface area contributed by atoms with Gasteiger partial charge in [-0.2, -0.15) is 18.3 Å². The minimum atomic E-state index is -5.35. The predicted octanol–water partition coefficient (Wildman–Crippen LogP) is 4.19. The van der Waals surface area contributed by atoms with Crippen molar-refractivity contribution in [2.24, 2.45) is 21.8 Å². The summed E-state index contributed by atoms with van der Waals surface area (Å²) in [5.74, 6) is 1.16. The molecular formula is C28H21F3N4O5S. The molecule has 0 fully saturated rings. The summed E-state index contributed by atoms with van der Waals surface area (Å²) >= 11 is 0. The third kappa shape index (κ3) is 6.26. The van der Waals surface area contributed by atoms with Crippen molar-refractivity contribution in [3.8, 4) is 39.1 Å². The Morgan fingerprint density at radius 2 is 1.46 bits per heavy atom. The maximum atomic E-state index is 13.3. The quantitative estimate of drug-likeness (QED) is 0.0971. The lowest BCUT2D eigenvalue weighted by molar-refractivity contribution is -0.189. The van der Waals surface area contributed by atoms with Gasteiger partial charge in [0.1, 0.15) is 5.75 Å². The molecule has 0 aliphatic carbocycles. The molecule has 0 aliphatic heterocycles. The van der Waals surface area contributed by atoms with Gasteiger partial charge in [0.2, 0.25) is 15.9 Å². The molecule has 0 bridgehead atoms. The van der Waals surface area contributed by atoms with E-state index in [1.54, 1.807) is 18.2 Å². The number of alkyl halides is 3. The molecule has 4 aromatic carbocycles. The molecule has 41 heavy (non-hydrogen) atoms. The molecule has 0 spiro atoms. The second kappa shape index (κ2) is 11.2. The number of esters is 1. The molecule has 0 radical (unpaired) electrons. The molecule has 13 heteroatoms. The zero-order valence-corrected chi connectivity index (χ0v) is 21.7. The maximum absolute atomic E-state index is 13.3. The van der Waals surface area contributed by atoms with E-state index in [-0.39, 0.29) is 32.7 Å². The lowest BCUT2D eigenvalue weighted by Crippen LogP contribution is -2.28. The standard InChI is InChI=1S/C28H21F3N4O5S/c29-28(30,31)27(37)40-25-21(12-13-22(26(32)36)24(25)19-5-3-4-16(14-19)15-35-33)18-10-8-17(9-11-18)20-6-1-2-7-23(20)41(34,38)39/h1-15H,33H2,(H2,32,36)(H2,34,38,39)/b35-15+. The summed E-state index contributed by atoms with van der Waals surface area (Å²) in [6, 6.07) is 20.7. The Hall–Kier alpha value is -5.01. The van der Waals surface area contributed by atoms with Gasteiger partial charge < -0.3 is 16.3 Å². The number of primary amides is 1. The fourth-order valence-electron chi connectivity index (χ4n) is 4.20. The Bertz CT molecular complexity index is 1790. The number of carbonyl (C=O) groups is 2. The van der Waals surface area contributed by atoms with Crippen LogP contribution >= 0.6 is 0 Å². The smallest absolute Gasteiger partial charge is 0.419 e. The second-order valence-corrected chi connectivity index (χ2v) is 10.2. The number of primary sulfonamides is 1. The molecule has 0 unspecified atom stereocenters. The molecule has 9 nitrogen and oxygen atoms in total. The van der Waals surface area contributed by atoms with Crippen LogP contribution in [0.4, 0.5) is 13.2 Å². The monoisotopic (exact) mass is 582 g/mol. The van der Waals surface area contributed by atoms with E-state index in [1.165, 1.54) is 72.9 Å². The molecule has 0 aliphatic rings. The first kappa shape index (κ1) is 29.0. The Kier molecular flexibility index (Phi) is 7.94. The van der Waals surface area contributed by atoms with E-state index in [9.17, 15) is 31.2 Å². The first-order chi connectivity index (χ1) is 19.3. The topological polar surface area (TPSA) is 168 Å². The predicted molar refractivity (Wildman–Crippen MR) is 146 cm³/mol. The number of nitrogens with two attached hydrogens (primary N) is 3.